The van der Waals surface area contributed by atoms with Crippen LogP contribution in [0.1, 0.15) is 12.8 Å². The van der Waals surface area contributed by atoms with Crippen molar-refractivity contribution in [1.82, 2.24) is 0 Å². The van der Waals surface area contributed by atoms with E-state index in [-0.39, 0.29) is 0 Å². The standard InChI is InChI=1S/C8H13IO2/c9-4-7-3-8(6-11-7)1-2-10-5-8/h7H,1-6H2/t7-,8+/m0/s1. The molecule has 0 unspecified atom stereocenters. The van der Waals surface area contributed by atoms with Crippen molar-refractivity contribution in [3.8, 4) is 0 Å². The fourth-order valence-electron chi connectivity index (χ4n) is 1.92. The van der Waals surface area contributed by atoms with Crippen molar-refractivity contribution in [2.75, 3.05) is 24.2 Å². The summed E-state index contributed by atoms with van der Waals surface area (Å²) in [6.45, 7) is 2.80. The van der Waals surface area contributed by atoms with Gasteiger partial charge in [0, 0.05) is 16.4 Å². The quantitative estimate of drug-likeness (QED) is 0.531. The van der Waals surface area contributed by atoms with Gasteiger partial charge >= 0.3 is 0 Å². The zero-order chi connectivity index (χ0) is 7.73. The van der Waals surface area contributed by atoms with Gasteiger partial charge in [-0.25, -0.2) is 0 Å². The smallest absolute Gasteiger partial charge is 0.0671 e. The second-order valence-electron chi connectivity index (χ2n) is 3.59. The predicted molar refractivity (Wildman–Crippen MR) is 51.1 cm³/mol. The lowest BCUT2D eigenvalue weighted by Gasteiger charge is -2.17. The monoisotopic (exact) mass is 268 g/mol. The Morgan fingerprint density at radius 3 is 2.91 bits per heavy atom. The van der Waals surface area contributed by atoms with Crippen LogP contribution in [0.15, 0.2) is 0 Å². The van der Waals surface area contributed by atoms with Gasteiger partial charge in [0.05, 0.1) is 19.3 Å². The Morgan fingerprint density at radius 1 is 1.45 bits per heavy atom. The van der Waals surface area contributed by atoms with E-state index in [1.165, 1.54) is 12.8 Å². The van der Waals surface area contributed by atoms with Crippen LogP contribution in [0.5, 0.6) is 0 Å². The molecular weight excluding hydrogens is 255 g/mol. The van der Waals surface area contributed by atoms with Crippen molar-refractivity contribution in [2.24, 2.45) is 5.41 Å². The molecule has 0 saturated carbocycles. The molecule has 3 heteroatoms. The molecule has 0 amide bonds. The van der Waals surface area contributed by atoms with Crippen molar-refractivity contribution in [3.63, 3.8) is 0 Å². The first-order chi connectivity index (χ1) is 5.35. The highest BCUT2D eigenvalue weighted by molar-refractivity contribution is 14.1. The maximum Gasteiger partial charge on any atom is 0.0671 e. The Labute approximate surface area is 80.8 Å². The van der Waals surface area contributed by atoms with E-state index in [2.05, 4.69) is 22.6 Å². The van der Waals surface area contributed by atoms with Crippen LogP contribution in [0.2, 0.25) is 0 Å². The fraction of sp³-hybridized carbons (Fsp3) is 1.00. The molecule has 1 spiro atoms. The molecule has 2 atom stereocenters. The summed E-state index contributed by atoms with van der Waals surface area (Å²) in [5, 5.41) is 0. The third-order valence-corrected chi connectivity index (χ3v) is 3.63. The second-order valence-corrected chi connectivity index (χ2v) is 4.47. The Hall–Kier alpha value is 0.650. The highest BCUT2D eigenvalue weighted by atomic mass is 127. The van der Waals surface area contributed by atoms with E-state index in [9.17, 15) is 0 Å². The Kier molecular flexibility index (Phi) is 2.39. The van der Waals surface area contributed by atoms with E-state index in [1.807, 2.05) is 0 Å². The van der Waals surface area contributed by atoms with E-state index in [0.29, 0.717) is 11.5 Å². The fourth-order valence-corrected chi connectivity index (χ4v) is 2.48. The zero-order valence-electron chi connectivity index (χ0n) is 6.51. The number of alkyl halides is 1. The molecule has 0 aromatic rings. The van der Waals surface area contributed by atoms with E-state index in [1.54, 1.807) is 0 Å². The van der Waals surface area contributed by atoms with Crippen LogP contribution in [0, 0.1) is 5.41 Å². The van der Waals surface area contributed by atoms with Gasteiger partial charge in [-0.3, -0.25) is 0 Å². The molecule has 2 aliphatic heterocycles. The summed E-state index contributed by atoms with van der Waals surface area (Å²) in [7, 11) is 0. The molecule has 0 N–H and O–H groups in total. The first-order valence-corrected chi connectivity index (χ1v) is 5.63. The van der Waals surface area contributed by atoms with Gasteiger partial charge in [0.25, 0.3) is 0 Å². The zero-order valence-corrected chi connectivity index (χ0v) is 8.67. The predicted octanol–water partition coefficient (Wildman–Crippen LogP) is 1.62. The summed E-state index contributed by atoms with van der Waals surface area (Å²) < 4.78 is 12.2. The minimum Gasteiger partial charge on any atom is -0.381 e. The minimum atomic E-state index is 0.413. The molecular formula is C8H13IO2. The topological polar surface area (TPSA) is 18.5 Å². The molecule has 0 aromatic heterocycles. The normalized spacial score (nSPS) is 43.9. The van der Waals surface area contributed by atoms with Gasteiger partial charge in [0.15, 0.2) is 0 Å². The van der Waals surface area contributed by atoms with Crippen molar-refractivity contribution >= 4 is 22.6 Å². The van der Waals surface area contributed by atoms with E-state index < -0.39 is 0 Å². The van der Waals surface area contributed by atoms with Crippen LogP contribution < -0.4 is 0 Å². The molecule has 11 heavy (non-hydrogen) atoms. The lowest BCUT2D eigenvalue weighted by atomic mass is 9.85. The SMILES string of the molecule is IC[C@@H]1C[C@@]2(CCOC2)CO1. The number of hydrogen-bond acceptors (Lipinski definition) is 2. The average molecular weight is 268 g/mol. The van der Waals surface area contributed by atoms with Gasteiger partial charge in [0.1, 0.15) is 0 Å². The van der Waals surface area contributed by atoms with E-state index in [0.717, 1.165) is 24.2 Å². The van der Waals surface area contributed by atoms with Gasteiger partial charge in [-0.15, -0.1) is 0 Å². The Bertz CT molecular complexity index is 143. The molecule has 0 radical (unpaired) electrons. The molecule has 2 saturated heterocycles. The van der Waals surface area contributed by atoms with Crippen LogP contribution in [0.3, 0.4) is 0 Å². The second kappa shape index (κ2) is 3.18. The number of halogens is 1. The molecule has 2 aliphatic rings. The largest absolute Gasteiger partial charge is 0.381 e. The van der Waals surface area contributed by atoms with Crippen molar-refractivity contribution in [3.05, 3.63) is 0 Å². The van der Waals surface area contributed by atoms with Gasteiger partial charge in [0.2, 0.25) is 0 Å². The lowest BCUT2D eigenvalue weighted by Crippen LogP contribution is -2.21. The summed E-state index contributed by atoms with van der Waals surface area (Å²) in [4.78, 5) is 0. The van der Waals surface area contributed by atoms with Crippen LogP contribution in [0.25, 0.3) is 0 Å². The lowest BCUT2D eigenvalue weighted by molar-refractivity contribution is 0.0993. The highest BCUT2D eigenvalue weighted by Crippen LogP contribution is 2.40. The van der Waals surface area contributed by atoms with Gasteiger partial charge in [-0.1, -0.05) is 22.6 Å². The first kappa shape index (κ1) is 8.26. The highest BCUT2D eigenvalue weighted by Gasteiger charge is 2.42. The summed E-state index contributed by atoms with van der Waals surface area (Å²) in [5.41, 5.74) is 0.413. The third kappa shape index (κ3) is 1.55. The summed E-state index contributed by atoms with van der Waals surface area (Å²) >= 11 is 2.39. The van der Waals surface area contributed by atoms with Gasteiger partial charge < -0.3 is 9.47 Å². The molecule has 2 heterocycles. The average Bonchev–Trinajstić information content (AvgIpc) is 2.62. The van der Waals surface area contributed by atoms with Crippen LogP contribution in [0.4, 0.5) is 0 Å². The Morgan fingerprint density at radius 2 is 2.36 bits per heavy atom. The third-order valence-electron chi connectivity index (χ3n) is 2.64. The van der Waals surface area contributed by atoms with Crippen LogP contribution in [-0.4, -0.2) is 30.4 Å². The first-order valence-electron chi connectivity index (χ1n) is 4.10. The summed E-state index contributed by atoms with van der Waals surface area (Å²) in [6, 6.07) is 0. The molecule has 2 nitrogen and oxygen atoms in total. The van der Waals surface area contributed by atoms with Gasteiger partial charge in [-0.05, 0) is 12.8 Å². The number of hydrogen-bond donors (Lipinski definition) is 0. The molecule has 64 valence electrons. The summed E-state index contributed by atoms with van der Waals surface area (Å²) in [5.74, 6) is 0. The Balaban J connectivity index is 1.96. The number of rotatable bonds is 1. The van der Waals surface area contributed by atoms with Crippen LogP contribution in [-0.2, 0) is 9.47 Å². The maximum absolute atomic E-state index is 5.65. The van der Waals surface area contributed by atoms with E-state index in [4.69, 9.17) is 9.47 Å². The van der Waals surface area contributed by atoms with Crippen molar-refractivity contribution in [2.45, 2.75) is 18.9 Å². The van der Waals surface area contributed by atoms with Crippen LogP contribution >= 0.6 is 22.6 Å². The maximum atomic E-state index is 5.65. The van der Waals surface area contributed by atoms with Crippen molar-refractivity contribution < 1.29 is 9.47 Å². The molecule has 2 fully saturated rings. The minimum absolute atomic E-state index is 0.413. The van der Waals surface area contributed by atoms with Gasteiger partial charge in [-0.2, -0.15) is 0 Å². The molecule has 0 aliphatic carbocycles. The molecule has 0 aromatic carbocycles. The van der Waals surface area contributed by atoms with E-state index >= 15 is 0 Å². The number of ether oxygens (including phenoxy) is 2. The molecule has 0 bridgehead atoms. The molecule has 2 rings (SSSR count). The van der Waals surface area contributed by atoms with Crippen molar-refractivity contribution in [1.29, 1.82) is 0 Å². The summed E-state index contributed by atoms with van der Waals surface area (Å²) in [6.07, 6.45) is 2.92.